The first-order valence-electron chi connectivity index (χ1n) is 7.09. The molecule has 0 radical (unpaired) electrons. The number of likely N-dealkylation sites (tertiary alicyclic amines) is 1. The molecule has 2 atom stereocenters. The van der Waals surface area contributed by atoms with E-state index < -0.39 is 11.9 Å². The molecule has 1 N–H and O–H groups in total. The minimum absolute atomic E-state index is 0.0212. The molecule has 1 aromatic carbocycles. The first kappa shape index (κ1) is 15.4. The number of rotatable bonds is 4. The van der Waals surface area contributed by atoms with E-state index in [1.54, 1.807) is 4.90 Å². The van der Waals surface area contributed by atoms with Crippen molar-refractivity contribution >= 4 is 11.9 Å². The Hall–Kier alpha value is -2.04. The van der Waals surface area contributed by atoms with Crippen LogP contribution in [0.4, 0.5) is 0 Å². The molecule has 0 spiro atoms. The molecule has 0 aliphatic carbocycles. The lowest BCUT2D eigenvalue weighted by Crippen LogP contribution is -2.34. The molecular formula is C16H21NO4. The molecule has 5 heteroatoms. The number of aryl methyl sites for hydroxylation is 2. The van der Waals surface area contributed by atoms with E-state index in [1.165, 1.54) is 0 Å². The van der Waals surface area contributed by atoms with Crippen LogP contribution in [0.1, 0.15) is 18.1 Å². The first-order valence-corrected chi connectivity index (χ1v) is 7.09. The van der Waals surface area contributed by atoms with Gasteiger partial charge in [0.2, 0.25) is 0 Å². The Morgan fingerprint density at radius 3 is 2.67 bits per heavy atom. The molecule has 1 aromatic rings. The highest BCUT2D eigenvalue weighted by atomic mass is 16.5. The number of hydrogen-bond donors (Lipinski definition) is 1. The summed E-state index contributed by atoms with van der Waals surface area (Å²) in [7, 11) is 0. The number of carboxylic acids is 1. The monoisotopic (exact) mass is 291 g/mol. The topological polar surface area (TPSA) is 66.8 Å². The molecule has 0 saturated carbocycles. The van der Waals surface area contributed by atoms with Gasteiger partial charge in [-0.15, -0.1) is 0 Å². The molecule has 1 saturated heterocycles. The number of carbonyl (C=O) groups is 2. The lowest BCUT2D eigenvalue weighted by atomic mass is 9.99. The van der Waals surface area contributed by atoms with Gasteiger partial charge in [-0.2, -0.15) is 0 Å². The average Bonchev–Trinajstić information content (AvgIpc) is 2.82. The zero-order valence-corrected chi connectivity index (χ0v) is 12.6. The van der Waals surface area contributed by atoms with E-state index in [2.05, 4.69) is 0 Å². The number of aliphatic carboxylic acids is 1. The largest absolute Gasteiger partial charge is 0.483 e. The summed E-state index contributed by atoms with van der Waals surface area (Å²) in [4.78, 5) is 24.8. The zero-order valence-electron chi connectivity index (χ0n) is 12.6. The van der Waals surface area contributed by atoms with Crippen LogP contribution in [0.25, 0.3) is 0 Å². The SMILES string of the molecule is Cc1ccc(C)c(OCC(=O)N2CC(C)C(C(=O)O)C2)c1. The van der Waals surface area contributed by atoms with Gasteiger partial charge in [0, 0.05) is 13.1 Å². The van der Waals surface area contributed by atoms with Crippen molar-refractivity contribution in [1.82, 2.24) is 4.90 Å². The van der Waals surface area contributed by atoms with Crippen molar-refractivity contribution in [1.29, 1.82) is 0 Å². The summed E-state index contributed by atoms with van der Waals surface area (Å²) in [5.74, 6) is -0.799. The van der Waals surface area contributed by atoms with Crippen LogP contribution in [-0.2, 0) is 9.59 Å². The normalized spacial score (nSPS) is 21.4. The number of carboxylic acid groups (broad SMARTS) is 1. The van der Waals surface area contributed by atoms with E-state index in [1.807, 2.05) is 39.0 Å². The van der Waals surface area contributed by atoms with Crippen LogP contribution in [0.3, 0.4) is 0 Å². The molecule has 114 valence electrons. The maximum atomic E-state index is 12.1. The van der Waals surface area contributed by atoms with Crippen molar-refractivity contribution in [3.8, 4) is 5.75 Å². The standard InChI is InChI=1S/C16H21NO4/c1-10-4-5-11(2)14(6-10)21-9-15(18)17-7-12(3)13(8-17)16(19)20/h4-6,12-13H,7-9H2,1-3H3,(H,19,20). The van der Waals surface area contributed by atoms with Crippen molar-refractivity contribution < 1.29 is 19.4 Å². The van der Waals surface area contributed by atoms with Crippen molar-refractivity contribution in [3.63, 3.8) is 0 Å². The first-order chi connectivity index (χ1) is 9.88. The Bertz CT molecular complexity index is 555. The molecule has 0 bridgehead atoms. The highest BCUT2D eigenvalue weighted by Gasteiger charge is 2.36. The molecule has 2 rings (SSSR count). The summed E-state index contributed by atoms with van der Waals surface area (Å²) in [5.41, 5.74) is 2.05. The highest BCUT2D eigenvalue weighted by Crippen LogP contribution is 2.24. The minimum Gasteiger partial charge on any atom is -0.483 e. The fourth-order valence-electron chi connectivity index (χ4n) is 2.59. The maximum absolute atomic E-state index is 12.1. The molecule has 1 aliphatic heterocycles. The zero-order chi connectivity index (χ0) is 15.6. The van der Waals surface area contributed by atoms with Gasteiger partial charge in [0.1, 0.15) is 5.75 Å². The predicted molar refractivity (Wildman–Crippen MR) is 78.3 cm³/mol. The molecule has 1 amide bonds. The van der Waals surface area contributed by atoms with E-state index in [-0.39, 0.29) is 25.0 Å². The maximum Gasteiger partial charge on any atom is 0.308 e. The third kappa shape index (κ3) is 3.54. The molecule has 0 aromatic heterocycles. The quantitative estimate of drug-likeness (QED) is 0.919. The number of amides is 1. The third-order valence-electron chi connectivity index (χ3n) is 3.98. The van der Waals surface area contributed by atoms with Crippen molar-refractivity contribution in [2.75, 3.05) is 19.7 Å². The Morgan fingerprint density at radius 1 is 1.33 bits per heavy atom. The van der Waals surface area contributed by atoms with E-state index >= 15 is 0 Å². The van der Waals surface area contributed by atoms with Crippen LogP contribution in [0, 0.1) is 25.7 Å². The molecule has 1 aliphatic rings. The van der Waals surface area contributed by atoms with Crippen LogP contribution in [0.2, 0.25) is 0 Å². The van der Waals surface area contributed by atoms with Crippen molar-refractivity contribution in [3.05, 3.63) is 29.3 Å². The molecule has 1 fully saturated rings. The Labute approximate surface area is 124 Å². The molecule has 2 unspecified atom stereocenters. The number of nitrogens with zero attached hydrogens (tertiary/aromatic N) is 1. The highest BCUT2D eigenvalue weighted by molar-refractivity contribution is 5.80. The number of hydrogen-bond acceptors (Lipinski definition) is 3. The van der Waals surface area contributed by atoms with Crippen LogP contribution in [0.5, 0.6) is 5.75 Å². The predicted octanol–water partition coefficient (Wildman–Crippen LogP) is 1.86. The molecule has 1 heterocycles. The van der Waals surface area contributed by atoms with Gasteiger partial charge in [-0.05, 0) is 37.0 Å². The van der Waals surface area contributed by atoms with Crippen LogP contribution in [-0.4, -0.2) is 41.6 Å². The van der Waals surface area contributed by atoms with E-state index in [0.29, 0.717) is 12.3 Å². The lowest BCUT2D eigenvalue weighted by molar-refractivity contribution is -0.142. The summed E-state index contributed by atoms with van der Waals surface area (Å²) in [6, 6.07) is 5.84. The average molecular weight is 291 g/mol. The Morgan fingerprint density at radius 2 is 2.05 bits per heavy atom. The van der Waals surface area contributed by atoms with Gasteiger partial charge in [-0.25, -0.2) is 0 Å². The Balaban J connectivity index is 1.94. The van der Waals surface area contributed by atoms with Crippen LogP contribution < -0.4 is 4.74 Å². The van der Waals surface area contributed by atoms with Gasteiger partial charge in [0.05, 0.1) is 5.92 Å². The molecular weight excluding hydrogens is 270 g/mol. The molecule has 5 nitrogen and oxygen atoms in total. The van der Waals surface area contributed by atoms with Crippen LogP contribution >= 0.6 is 0 Å². The number of carbonyl (C=O) groups excluding carboxylic acids is 1. The Kier molecular flexibility index (Phi) is 4.50. The third-order valence-corrected chi connectivity index (χ3v) is 3.98. The number of ether oxygens (including phenoxy) is 1. The van der Waals surface area contributed by atoms with Gasteiger partial charge in [-0.1, -0.05) is 19.1 Å². The van der Waals surface area contributed by atoms with Gasteiger partial charge in [0.25, 0.3) is 5.91 Å². The summed E-state index contributed by atoms with van der Waals surface area (Å²) in [6.07, 6.45) is 0. The molecule has 21 heavy (non-hydrogen) atoms. The fraction of sp³-hybridized carbons (Fsp3) is 0.500. The van der Waals surface area contributed by atoms with Crippen LogP contribution in [0.15, 0.2) is 18.2 Å². The number of benzene rings is 1. The second-order valence-corrected chi connectivity index (χ2v) is 5.78. The van der Waals surface area contributed by atoms with E-state index in [4.69, 9.17) is 9.84 Å². The fourth-order valence-corrected chi connectivity index (χ4v) is 2.59. The van der Waals surface area contributed by atoms with Gasteiger partial charge in [-0.3, -0.25) is 9.59 Å². The van der Waals surface area contributed by atoms with Crippen molar-refractivity contribution in [2.45, 2.75) is 20.8 Å². The van der Waals surface area contributed by atoms with E-state index in [9.17, 15) is 9.59 Å². The van der Waals surface area contributed by atoms with E-state index in [0.717, 1.165) is 11.1 Å². The second-order valence-electron chi connectivity index (χ2n) is 5.78. The summed E-state index contributed by atoms with van der Waals surface area (Å²) < 4.78 is 5.58. The van der Waals surface area contributed by atoms with Gasteiger partial charge >= 0.3 is 5.97 Å². The van der Waals surface area contributed by atoms with Crippen molar-refractivity contribution in [2.24, 2.45) is 11.8 Å². The smallest absolute Gasteiger partial charge is 0.308 e. The van der Waals surface area contributed by atoms with Gasteiger partial charge in [0.15, 0.2) is 6.61 Å². The summed E-state index contributed by atoms with van der Waals surface area (Å²) in [6.45, 7) is 6.45. The lowest BCUT2D eigenvalue weighted by Gasteiger charge is -2.17. The second kappa shape index (κ2) is 6.16. The summed E-state index contributed by atoms with van der Waals surface area (Å²) in [5, 5.41) is 9.09. The van der Waals surface area contributed by atoms with Gasteiger partial charge < -0.3 is 14.7 Å². The summed E-state index contributed by atoms with van der Waals surface area (Å²) >= 11 is 0. The minimum atomic E-state index is -0.840.